The number of aromatic nitrogens is 5. The quantitative estimate of drug-likeness (QED) is 0.289. The first-order valence-electron chi connectivity index (χ1n) is 11.3. The number of pyridine rings is 1. The van der Waals surface area contributed by atoms with Crippen LogP contribution in [0.4, 0.5) is 4.39 Å². The highest BCUT2D eigenvalue weighted by molar-refractivity contribution is 7.18. The average molecular weight is 495 g/mol. The van der Waals surface area contributed by atoms with E-state index in [1.165, 1.54) is 23.5 Å². The molecule has 9 heteroatoms. The normalized spacial score (nSPS) is 12.2. The molecule has 7 nitrogen and oxygen atoms in total. The summed E-state index contributed by atoms with van der Waals surface area (Å²) < 4.78 is 16.4. The number of H-pyrrole nitrogens is 1. The zero-order valence-corrected chi connectivity index (χ0v) is 19.7. The molecule has 4 heterocycles. The number of thiazole rings is 1. The third kappa shape index (κ3) is 3.92. The minimum atomic E-state index is -0.742. The van der Waals surface area contributed by atoms with E-state index in [1.54, 1.807) is 18.3 Å². The maximum absolute atomic E-state index is 13.4. The molecule has 0 aliphatic heterocycles. The number of rotatable bonds is 6. The van der Waals surface area contributed by atoms with Crippen LogP contribution in [0.25, 0.3) is 49.5 Å². The lowest BCUT2D eigenvalue weighted by atomic mass is 10.0. The Balaban J connectivity index is 1.39. The van der Waals surface area contributed by atoms with Gasteiger partial charge in [0.15, 0.2) is 0 Å². The van der Waals surface area contributed by atoms with Crippen molar-refractivity contribution in [2.75, 3.05) is 0 Å². The first kappa shape index (κ1) is 22.1. The molecular formula is C27H19FN6OS. The fourth-order valence-corrected chi connectivity index (χ4v) is 5.29. The number of nitriles is 1. The first-order chi connectivity index (χ1) is 17.6. The lowest BCUT2D eigenvalue weighted by molar-refractivity contribution is 0.169. The largest absolute Gasteiger partial charge is 0.386 e. The van der Waals surface area contributed by atoms with E-state index in [0.717, 1.165) is 49.5 Å². The van der Waals surface area contributed by atoms with Crippen molar-refractivity contribution in [3.05, 3.63) is 84.0 Å². The number of hydrogen-bond acceptors (Lipinski definition) is 6. The van der Waals surface area contributed by atoms with Gasteiger partial charge in [0, 0.05) is 34.9 Å². The summed E-state index contributed by atoms with van der Waals surface area (Å²) >= 11 is 1.44. The van der Waals surface area contributed by atoms with Gasteiger partial charge in [0.2, 0.25) is 0 Å². The fourth-order valence-electron chi connectivity index (χ4n) is 4.26. The number of aliphatic hydroxyl groups excluding tert-OH is 1. The van der Waals surface area contributed by atoms with E-state index in [2.05, 4.69) is 26.2 Å². The maximum Gasteiger partial charge on any atom is 0.137 e. The van der Waals surface area contributed by atoms with Gasteiger partial charge < -0.3 is 5.11 Å². The number of aromatic amines is 1. The molecule has 0 saturated carbocycles. The van der Waals surface area contributed by atoms with Crippen molar-refractivity contribution in [2.45, 2.75) is 18.9 Å². The summed E-state index contributed by atoms with van der Waals surface area (Å²) in [6.07, 6.45) is 5.52. The molecule has 0 saturated heterocycles. The molecule has 1 atom stereocenters. The van der Waals surface area contributed by atoms with E-state index in [-0.39, 0.29) is 12.2 Å². The molecule has 0 spiro atoms. The molecule has 0 fully saturated rings. The fraction of sp³-hybridized carbons (Fsp3) is 0.111. The number of nitrogens with zero attached hydrogens (tertiary/aromatic N) is 5. The highest BCUT2D eigenvalue weighted by Crippen LogP contribution is 2.34. The maximum atomic E-state index is 13.4. The molecule has 0 bridgehead atoms. The lowest BCUT2D eigenvalue weighted by Gasteiger charge is -2.07. The second-order valence-corrected chi connectivity index (χ2v) is 9.46. The number of nitrogens with one attached hydrogen (secondary N) is 1. The smallest absolute Gasteiger partial charge is 0.137 e. The van der Waals surface area contributed by atoms with Crippen molar-refractivity contribution < 1.29 is 9.50 Å². The molecule has 176 valence electrons. The van der Waals surface area contributed by atoms with E-state index in [4.69, 9.17) is 5.26 Å². The molecule has 0 aliphatic rings. The van der Waals surface area contributed by atoms with Crippen LogP contribution >= 0.6 is 11.3 Å². The minimum Gasteiger partial charge on any atom is -0.386 e. The minimum absolute atomic E-state index is 0.284. The number of benzene rings is 2. The summed E-state index contributed by atoms with van der Waals surface area (Å²) in [5.74, 6) is -0.286. The van der Waals surface area contributed by atoms with Crippen LogP contribution in [0.1, 0.15) is 24.0 Å². The molecule has 0 unspecified atom stereocenters. The molecule has 2 aromatic carbocycles. The molecule has 0 radical (unpaired) electrons. The summed E-state index contributed by atoms with van der Waals surface area (Å²) in [7, 11) is 0. The van der Waals surface area contributed by atoms with Gasteiger partial charge in [-0.25, -0.2) is 14.4 Å². The third-order valence-electron chi connectivity index (χ3n) is 6.10. The van der Waals surface area contributed by atoms with Crippen LogP contribution < -0.4 is 0 Å². The zero-order chi connectivity index (χ0) is 24.6. The lowest BCUT2D eigenvalue weighted by Crippen LogP contribution is -1.95. The predicted molar refractivity (Wildman–Crippen MR) is 137 cm³/mol. The molecule has 36 heavy (non-hydrogen) atoms. The van der Waals surface area contributed by atoms with E-state index in [9.17, 15) is 9.50 Å². The van der Waals surface area contributed by atoms with Crippen LogP contribution in [0.15, 0.2) is 73.2 Å². The summed E-state index contributed by atoms with van der Waals surface area (Å²) in [5.41, 5.74) is 7.00. The van der Waals surface area contributed by atoms with Crippen molar-refractivity contribution in [2.24, 2.45) is 0 Å². The topological polar surface area (TPSA) is 103 Å². The average Bonchev–Trinajstić information content (AvgIpc) is 3.64. The number of imidazole rings is 1. The number of hydrogen-bond donors (Lipinski definition) is 2. The van der Waals surface area contributed by atoms with Crippen LogP contribution in [-0.2, 0) is 0 Å². The van der Waals surface area contributed by atoms with Crippen LogP contribution in [0.5, 0.6) is 0 Å². The van der Waals surface area contributed by atoms with Crippen LogP contribution in [0.3, 0.4) is 0 Å². The first-order valence-corrected chi connectivity index (χ1v) is 12.1. The number of fused-ring (bicyclic) bond motifs is 2. The Morgan fingerprint density at radius 1 is 1.06 bits per heavy atom. The van der Waals surface area contributed by atoms with Crippen molar-refractivity contribution in [1.82, 2.24) is 24.6 Å². The van der Waals surface area contributed by atoms with Gasteiger partial charge >= 0.3 is 0 Å². The zero-order valence-electron chi connectivity index (χ0n) is 18.9. The van der Waals surface area contributed by atoms with Gasteiger partial charge in [0.25, 0.3) is 0 Å². The molecule has 4 aromatic heterocycles. The van der Waals surface area contributed by atoms with Gasteiger partial charge in [-0.1, -0.05) is 6.07 Å². The molecule has 0 aliphatic carbocycles. The Bertz CT molecular complexity index is 1740. The Morgan fingerprint density at radius 3 is 2.69 bits per heavy atom. The molecular weight excluding hydrogens is 475 g/mol. The molecule has 0 amide bonds. The van der Waals surface area contributed by atoms with Crippen molar-refractivity contribution >= 4 is 27.2 Å². The van der Waals surface area contributed by atoms with Crippen molar-refractivity contribution in [3.63, 3.8) is 0 Å². The summed E-state index contributed by atoms with van der Waals surface area (Å²) in [6.45, 7) is 0. The van der Waals surface area contributed by atoms with Crippen molar-refractivity contribution in [3.8, 4) is 39.7 Å². The standard InChI is InChI=1S/C27H19FN6OS/c28-19-7-3-16(4-8-19)26-20(13-31-33-26)18-6-10-25-30-14-22(34(25)15-18)17-5-9-21-24(12-17)36-27(32-21)23(35)2-1-11-29/h3-10,12-15,23,35H,1-2H2,(H,31,33)/t23-/m0/s1. The van der Waals surface area contributed by atoms with Gasteiger partial charge in [-0.2, -0.15) is 10.4 Å². The predicted octanol–water partition coefficient (Wildman–Crippen LogP) is 6.14. The van der Waals surface area contributed by atoms with Crippen LogP contribution in [0.2, 0.25) is 0 Å². The molecule has 6 rings (SSSR count). The highest BCUT2D eigenvalue weighted by Gasteiger charge is 2.16. The Labute approximate surface area is 209 Å². The van der Waals surface area contributed by atoms with Gasteiger partial charge in [-0.3, -0.25) is 9.50 Å². The van der Waals surface area contributed by atoms with E-state index >= 15 is 0 Å². The Morgan fingerprint density at radius 2 is 1.86 bits per heavy atom. The van der Waals surface area contributed by atoms with E-state index in [1.807, 2.05) is 47.1 Å². The second-order valence-electron chi connectivity index (χ2n) is 8.40. The van der Waals surface area contributed by atoms with Crippen LogP contribution in [-0.4, -0.2) is 29.7 Å². The second kappa shape index (κ2) is 9.00. The summed E-state index contributed by atoms with van der Waals surface area (Å²) in [4.78, 5) is 9.11. The van der Waals surface area contributed by atoms with Crippen LogP contribution in [0, 0.1) is 17.1 Å². The third-order valence-corrected chi connectivity index (χ3v) is 7.22. The highest BCUT2D eigenvalue weighted by atomic mass is 32.1. The Hall–Kier alpha value is -4.39. The molecule has 6 aromatic rings. The van der Waals surface area contributed by atoms with Gasteiger partial charge in [-0.15, -0.1) is 11.3 Å². The molecule has 2 N–H and O–H groups in total. The number of halogens is 1. The monoisotopic (exact) mass is 494 g/mol. The van der Waals surface area contributed by atoms with Gasteiger partial charge in [-0.05, 0) is 55.0 Å². The SMILES string of the molecule is N#CCC[C@H](O)c1nc2ccc(-c3cnc4ccc(-c5cn[nH]c5-c5ccc(F)cc5)cn34)cc2s1. The summed E-state index contributed by atoms with van der Waals surface area (Å²) in [5, 5.41) is 27.0. The van der Waals surface area contributed by atoms with Gasteiger partial charge in [0.1, 0.15) is 22.6 Å². The number of aliphatic hydroxyl groups is 1. The van der Waals surface area contributed by atoms with Crippen molar-refractivity contribution in [1.29, 1.82) is 5.26 Å². The van der Waals surface area contributed by atoms with E-state index in [0.29, 0.717) is 11.4 Å². The van der Waals surface area contributed by atoms with Gasteiger partial charge in [0.05, 0.1) is 40.1 Å². The Kier molecular flexibility index (Phi) is 5.52. The van der Waals surface area contributed by atoms with E-state index < -0.39 is 6.10 Å². The summed E-state index contributed by atoms with van der Waals surface area (Å²) in [6, 6.07) is 18.3.